The molecule has 1 N–H and O–H groups in total. The monoisotopic (exact) mass is 414 g/mol. The molecule has 3 heterocycles. The highest BCUT2D eigenvalue weighted by Gasteiger charge is 2.33. The quantitative estimate of drug-likeness (QED) is 0.686. The molecule has 4 rings (SSSR count). The van der Waals surface area contributed by atoms with E-state index in [9.17, 15) is 18.4 Å². The Kier molecular flexibility index (Phi) is 5.09. The second-order valence-electron chi connectivity index (χ2n) is 6.58. The van der Waals surface area contributed by atoms with Crippen molar-refractivity contribution in [2.45, 2.75) is 13.0 Å². The van der Waals surface area contributed by atoms with E-state index < -0.39 is 23.8 Å². The van der Waals surface area contributed by atoms with E-state index in [-0.39, 0.29) is 35.8 Å². The van der Waals surface area contributed by atoms with Crippen molar-refractivity contribution in [1.82, 2.24) is 25.1 Å². The van der Waals surface area contributed by atoms with Gasteiger partial charge < -0.3 is 10.1 Å². The standard InChI is InChI=1S/C19H16F2N6O3/c1-11(28)23-7-14-8-26(19(29)30-14)13-4-15(20)18(16(21)5-13)12-2-3-17(24-6-12)27-10-22-9-25-27/h2-6,9-10,14H,7-8H2,1H3,(H,23,28)/t14-/m0/s1. The molecule has 9 nitrogen and oxygen atoms in total. The molecule has 2 amide bonds. The number of aromatic nitrogens is 4. The largest absolute Gasteiger partial charge is 0.442 e. The first-order valence-electron chi connectivity index (χ1n) is 8.95. The van der Waals surface area contributed by atoms with Crippen LogP contribution in [-0.4, -0.2) is 50.9 Å². The van der Waals surface area contributed by atoms with E-state index in [1.807, 2.05) is 0 Å². The molecule has 1 aliphatic rings. The number of nitrogens with zero attached hydrogens (tertiary/aromatic N) is 5. The fourth-order valence-electron chi connectivity index (χ4n) is 3.08. The summed E-state index contributed by atoms with van der Waals surface area (Å²) in [5.41, 5.74) is -0.0111. The molecule has 1 atom stereocenters. The summed E-state index contributed by atoms with van der Waals surface area (Å²) in [4.78, 5) is 32.2. The van der Waals surface area contributed by atoms with Crippen LogP contribution in [0.25, 0.3) is 16.9 Å². The zero-order chi connectivity index (χ0) is 21.3. The van der Waals surface area contributed by atoms with Gasteiger partial charge in [-0.25, -0.2) is 28.2 Å². The van der Waals surface area contributed by atoms with E-state index in [1.54, 1.807) is 6.07 Å². The van der Waals surface area contributed by atoms with Crippen molar-refractivity contribution >= 4 is 17.7 Å². The van der Waals surface area contributed by atoms with E-state index >= 15 is 0 Å². The second-order valence-corrected chi connectivity index (χ2v) is 6.58. The molecule has 0 unspecified atom stereocenters. The molecule has 0 aliphatic carbocycles. The Bertz CT molecular complexity index is 1070. The van der Waals surface area contributed by atoms with Gasteiger partial charge in [-0.15, -0.1) is 0 Å². The van der Waals surface area contributed by atoms with Crippen molar-refractivity contribution in [1.29, 1.82) is 0 Å². The zero-order valence-electron chi connectivity index (χ0n) is 15.7. The van der Waals surface area contributed by atoms with Crippen LogP contribution in [0.3, 0.4) is 0 Å². The molecular weight excluding hydrogens is 398 g/mol. The SMILES string of the molecule is CC(=O)NC[C@H]1CN(c2cc(F)c(-c3ccc(-n4cncn4)nc3)c(F)c2)C(=O)O1. The number of nitrogens with one attached hydrogen (secondary N) is 1. The summed E-state index contributed by atoms with van der Waals surface area (Å²) in [6.07, 6.45) is 2.77. The van der Waals surface area contributed by atoms with E-state index in [2.05, 4.69) is 20.4 Å². The number of amides is 2. The lowest BCUT2D eigenvalue weighted by Crippen LogP contribution is -2.33. The summed E-state index contributed by atoms with van der Waals surface area (Å²) >= 11 is 0. The number of benzene rings is 1. The first-order chi connectivity index (χ1) is 14.4. The van der Waals surface area contributed by atoms with Crippen LogP contribution < -0.4 is 10.2 Å². The Morgan fingerprint density at radius 3 is 2.67 bits per heavy atom. The Balaban J connectivity index is 1.57. The minimum atomic E-state index is -0.849. The van der Waals surface area contributed by atoms with Crippen LogP contribution >= 0.6 is 0 Å². The number of hydrogen-bond acceptors (Lipinski definition) is 6. The maximum atomic E-state index is 14.8. The predicted molar refractivity (Wildman–Crippen MR) is 101 cm³/mol. The highest BCUT2D eigenvalue weighted by Crippen LogP contribution is 2.31. The average molecular weight is 414 g/mol. The van der Waals surface area contributed by atoms with Gasteiger partial charge in [0.2, 0.25) is 5.91 Å². The lowest BCUT2D eigenvalue weighted by Gasteiger charge is -2.15. The number of ether oxygens (including phenoxy) is 1. The minimum Gasteiger partial charge on any atom is -0.442 e. The lowest BCUT2D eigenvalue weighted by atomic mass is 10.1. The third kappa shape index (κ3) is 3.81. The third-order valence-corrected chi connectivity index (χ3v) is 4.48. The van der Waals surface area contributed by atoms with Crippen molar-refractivity contribution in [3.8, 4) is 16.9 Å². The van der Waals surface area contributed by atoms with Gasteiger partial charge in [-0.2, -0.15) is 5.10 Å². The number of carbonyl (C=O) groups is 2. The molecule has 0 saturated carbocycles. The van der Waals surface area contributed by atoms with Gasteiger partial charge in [-0.05, 0) is 24.3 Å². The zero-order valence-corrected chi connectivity index (χ0v) is 15.7. The van der Waals surface area contributed by atoms with Gasteiger partial charge in [0.05, 0.1) is 24.3 Å². The number of halogens is 2. The van der Waals surface area contributed by atoms with Crippen LogP contribution in [-0.2, 0) is 9.53 Å². The summed E-state index contributed by atoms with van der Waals surface area (Å²) < 4.78 is 36.1. The number of hydrogen-bond donors (Lipinski definition) is 1. The normalized spacial score (nSPS) is 15.9. The van der Waals surface area contributed by atoms with Crippen molar-refractivity contribution in [3.63, 3.8) is 0 Å². The van der Waals surface area contributed by atoms with Crippen LogP contribution in [0.5, 0.6) is 0 Å². The van der Waals surface area contributed by atoms with Crippen LogP contribution in [0.2, 0.25) is 0 Å². The van der Waals surface area contributed by atoms with Crippen LogP contribution in [0, 0.1) is 11.6 Å². The van der Waals surface area contributed by atoms with Gasteiger partial charge in [0.25, 0.3) is 0 Å². The summed E-state index contributed by atoms with van der Waals surface area (Å²) in [5, 5.41) is 6.48. The molecule has 0 spiro atoms. The van der Waals surface area contributed by atoms with Crippen molar-refractivity contribution in [3.05, 3.63) is 54.8 Å². The molecule has 2 aromatic heterocycles. The highest BCUT2D eigenvalue weighted by atomic mass is 19.1. The maximum Gasteiger partial charge on any atom is 0.414 e. The summed E-state index contributed by atoms with van der Waals surface area (Å²) in [7, 11) is 0. The smallest absolute Gasteiger partial charge is 0.414 e. The van der Waals surface area contributed by atoms with Gasteiger partial charge in [0.15, 0.2) is 5.82 Å². The first kappa shape index (κ1) is 19.4. The molecule has 11 heteroatoms. The van der Waals surface area contributed by atoms with Gasteiger partial charge in [-0.1, -0.05) is 0 Å². The van der Waals surface area contributed by atoms with E-state index in [0.29, 0.717) is 5.82 Å². The fourth-order valence-corrected chi connectivity index (χ4v) is 3.08. The minimum absolute atomic E-state index is 0.0243. The van der Waals surface area contributed by atoms with Crippen LogP contribution in [0.4, 0.5) is 19.3 Å². The molecule has 3 aromatic rings. The van der Waals surface area contributed by atoms with E-state index in [1.165, 1.54) is 36.5 Å². The number of cyclic esters (lactones) is 1. The van der Waals surface area contributed by atoms with Crippen molar-refractivity contribution < 1.29 is 23.1 Å². The predicted octanol–water partition coefficient (Wildman–Crippen LogP) is 2.07. The molecule has 1 aliphatic heterocycles. The molecule has 0 radical (unpaired) electrons. The maximum absolute atomic E-state index is 14.8. The molecule has 1 aromatic carbocycles. The number of pyridine rings is 1. The Labute approximate surface area is 169 Å². The Morgan fingerprint density at radius 2 is 2.07 bits per heavy atom. The molecule has 154 valence electrons. The number of carbonyl (C=O) groups excluding carboxylic acids is 2. The Hall–Kier alpha value is -3.89. The molecule has 1 fully saturated rings. The van der Waals surface area contributed by atoms with Gasteiger partial charge in [-0.3, -0.25) is 9.69 Å². The van der Waals surface area contributed by atoms with Gasteiger partial charge in [0, 0.05) is 18.7 Å². The van der Waals surface area contributed by atoms with E-state index in [4.69, 9.17) is 4.74 Å². The lowest BCUT2D eigenvalue weighted by molar-refractivity contribution is -0.119. The molecule has 1 saturated heterocycles. The highest BCUT2D eigenvalue weighted by molar-refractivity contribution is 5.90. The summed E-state index contributed by atoms with van der Waals surface area (Å²) in [6.45, 7) is 1.52. The number of anilines is 1. The summed E-state index contributed by atoms with van der Waals surface area (Å²) in [6, 6.07) is 5.19. The van der Waals surface area contributed by atoms with Gasteiger partial charge in [0.1, 0.15) is 30.4 Å². The third-order valence-electron chi connectivity index (χ3n) is 4.48. The van der Waals surface area contributed by atoms with Crippen molar-refractivity contribution in [2.24, 2.45) is 0 Å². The molecular formula is C19H16F2N6O3. The summed E-state index contributed by atoms with van der Waals surface area (Å²) in [5.74, 6) is -1.52. The Morgan fingerprint density at radius 1 is 1.30 bits per heavy atom. The first-order valence-corrected chi connectivity index (χ1v) is 8.95. The topological polar surface area (TPSA) is 102 Å². The van der Waals surface area contributed by atoms with Crippen LogP contribution in [0.1, 0.15) is 6.92 Å². The second kappa shape index (κ2) is 7.85. The molecule has 0 bridgehead atoms. The van der Waals surface area contributed by atoms with E-state index in [0.717, 1.165) is 17.0 Å². The van der Waals surface area contributed by atoms with Gasteiger partial charge >= 0.3 is 6.09 Å². The average Bonchev–Trinajstić information content (AvgIpc) is 3.36. The van der Waals surface area contributed by atoms with Crippen molar-refractivity contribution in [2.75, 3.05) is 18.0 Å². The fraction of sp³-hybridized carbons (Fsp3) is 0.211. The molecule has 30 heavy (non-hydrogen) atoms. The number of rotatable bonds is 5. The van der Waals surface area contributed by atoms with Crippen LogP contribution in [0.15, 0.2) is 43.1 Å².